The van der Waals surface area contributed by atoms with Crippen molar-refractivity contribution in [2.45, 2.75) is 49.6 Å². The summed E-state index contributed by atoms with van der Waals surface area (Å²) in [6.07, 6.45) is 4.83. The number of benzene rings is 1. The Kier molecular flexibility index (Phi) is 5.71. The summed E-state index contributed by atoms with van der Waals surface area (Å²) < 4.78 is 16.9. The van der Waals surface area contributed by atoms with Crippen molar-refractivity contribution in [2.24, 2.45) is 0 Å². The molecule has 2 atom stereocenters. The average molecular weight is 323 g/mol. The van der Waals surface area contributed by atoms with Crippen LogP contribution in [0.5, 0.6) is 0 Å². The van der Waals surface area contributed by atoms with Gasteiger partial charge in [0.25, 0.3) is 5.91 Å². The van der Waals surface area contributed by atoms with Gasteiger partial charge in [0.05, 0.1) is 21.3 Å². The Hall–Kier alpha value is -1.69. The van der Waals surface area contributed by atoms with Gasteiger partial charge in [0.2, 0.25) is 0 Å². The lowest BCUT2D eigenvalue weighted by atomic mass is 10.2. The van der Waals surface area contributed by atoms with E-state index in [0.29, 0.717) is 4.90 Å². The second-order valence-electron chi connectivity index (χ2n) is 5.49. The van der Waals surface area contributed by atoms with Gasteiger partial charge >= 0.3 is 5.97 Å². The van der Waals surface area contributed by atoms with Crippen LogP contribution >= 0.6 is 0 Å². The maximum Gasteiger partial charge on any atom is 0.340 e. The number of amides is 1. The van der Waals surface area contributed by atoms with E-state index in [0.717, 1.165) is 25.7 Å². The fourth-order valence-electron chi connectivity index (χ4n) is 2.55. The molecule has 1 amide bonds. The second kappa shape index (κ2) is 7.54. The summed E-state index contributed by atoms with van der Waals surface area (Å²) >= 11 is 0. The highest BCUT2D eigenvalue weighted by molar-refractivity contribution is 7.84. The summed E-state index contributed by atoms with van der Waals surface area (Å²) in [5, 5.41) is 2.90. The van der Waals surface area contributed by atoms with Gasteiger partial charge in [0.15, 0.2) is 6.10 Å². The summed E-state index contributed by atoms with van der Waals surface area (Å²) in [6.45, 7) is 1.55. The molecule has 1 fully saturated rings. The molecule has 1 aromatic carbocycles. The Morgan fingerprint density at radius 2 is 1.91 bits per heavy atom. The second-order valence-corrected chi connectivity index (χ2v) is 6.84. The summed E-state index contributed by atoms with van der Waals surface area (Å²) in [5.74, 6) is -0.907. The van der Waals surface area contributed by atoms with Crippen molar-refractivity contribution in [2.75, 3.05) is 6.26 Å². The Labute approximate surface area is 132 Å². The SMILES string of the molecule is C[C@H](OC(=O)c1ccccc1[S@@](C)=O)C(=O)NC1CCCC1. The minimum Gasteiger partial charge on any atom is -0.449 e. The van der Waals surface area contributed by atoms with Crippen LogP contribution in [-0.4, -0.2) is 34.5 Å². The van der Waals surface area contributed by atoms with E-state index in [4.69, 9.17) is 4.74 Å². The monoisotopic (exact) mass is 323 g/mol. The molecule has 0 aromatic heterocycles. The van der Waals surface area contributed by atoms with Crippen LogP contribution in [0.15, 0.2) is 29.2 Å². The van der Waals surface area contributed by atoms with Crippen LogP contribution in [-0.2, 0) is 20.3 Å². The predicted octanol–water partition coefficient (Wildman–Crippen LogP) is 2.03. The van der Waals surface area contributed by atoms with Crippen LogP contribution in [0.1, 0.15) is 43.0 Å². The summed E-state index contributed by atoms with van der Waals surface area (Å²) in [5.41, 5.74) is 0.240. The van der Waals surface area contributed by atoms with Gasteiger partial charge in [0.1, 0.15) is 0 Å². The van der Waals surface area contributed by atoms with Gasteiger partial charge in [-0.15, -0.1) is 0 Å². The molecule has 1 aliphatic carbocycles. The van der Waals surface area contributed by atoms with Gasteiger partial charge in [-0.1, -0.05) is 25.0 Å². The Balaban J connectivity index is 1.99. The fourth-order valence-corrected chi connectivity index (χ4v) is 3.28. The van der Waals surface area contributed by atoms with E-state index in [1.807, 2.05) is 0 Å². The number of carbonyl (C=O) groups is 2. The first kappa shape index (κ1) is 16.7. The van der Waals surface area contributed by atoms with Crippen molar-refractivity contribution in [3.8, 4) is 0 Å². The lowest BCUT2D eigenvalue weighted by Crippen LogP contribution is -2.40. The third-order valence-corrected chi connectivity index (χ3v) is 4.75. The summed E-state index contributed by atoms with van der Waals surface area (Å²) in [7, 11) is -1.29. The van der Waals surface area contributed by atoms with E-state index in [1.54, 1.807) is 31.2 Å². The summed E-state index contributed by atoms with van der Waals surface area (Å²) in [4.78, 5) is 24.6. The van der Waals surface area contributed by atoms with Gasteiger partial charge in [-0.05, 0) is 31.9 Å². The number of rotatable bonds is 5. The molecule has 0 heterocycles. The lowest BCUT2D eigenvalue weighted by molar-refractivity contribution is -0.129. The van der Waals surface area contributed by atoms with Crippen LogP contribution in [0.25, 0.3) is 0 Å². The molecule has 0 aliphatic heterocycles. The lowest BCUT2D eigenvalue weighted by Gasteiger charge is -2.17. The van der Waals surface area contributed by atoms with E-state index < -0.39 is 22.9 Å². The van der Waals surface area contributed by atoms with Crippen LogP contribution in [0.3, 0.4) is 0 Å². The van der Waals surface area contributed by atoms with Gasteiger partial charge in [-0.3, -0.25) is 9.00 Å². The molecule has 0 spiro atoms. The molecular weight excluding hydrogens is 302 g/mol. The number of hydrogen-bond donors (Lipinski definition) is 1. The Morgan fingerprint density at radius 1 is 1.27 bits per heavy atom. The highest BCUT2D eigenvalue weighted by Crippen LogP contribution is 2.18. The van der Waals surface area contributed by atoms with Crippen molar-refractivity contribution in [1.29, 1.82) is 0 Å². The molecule has 6 heteroatoms. The maximum absolute atomic E-state index is 12.2. The first-order valence-electron chi connectivity index (χ1n) is 7.43. The quantitative estimate of drug-likeness (QED) is 0.842. The molecule has 0 unspecified atom stereocenters. The normalized spacial score (nSPS) is 17.7. The first-order valence-corrected chi connectivity index (χ1v) is 8.98. The fraction of sp³-hybridized carbons (Fsp3) is 0.500. The van der Waals surface area contributed by atoms with Crippen LogP contribution in [0.2, 0.25) is 0 Å². The number of carbonyl (C=O) groups excluding carboxylic acids is 2. The van der Waals surface area contributed by atoms with Gasteiger partial charge in [-0.2, -0.15) is 0 Å². The number of hydrogen-bond acceptors (Lipinski definition) is 4. The van der Waals surface area contributed by atoms with E-state index in [9.17, 15) is 13.8 Å². The Morgan fingerprint density at radius 3 is 2.55 bits per heavy atom. The van der Waals surface area contributed by atoms with Crippen molar-refractivity contribution in [1.82, 2.24) is 5.32 Å². The molecule has 2 rings (SSSR count). The van der Waals surface area contributed by atoms with Gasteiger partial charge in [0, 0.05) is 12.3 Å². The minimum atomic E-state index is -1.29. The topological polar surface area (TPSA) is 72.5 Å². The van der Waals surface area contributed by atoms with E-state index in [2.05, 4.69) is 5.32 Å². The first-order chi connectivity index (χ1) is 10.5. The molecule has 1 N–H and O–H groups in total. The third kappa shape index (κ3) is 4.16. The molecule has 22 heavy (non-hydrogen) atoms. The zero-order chi connectivity index (χ0) is 16.1. The Bertz CT molecular complexity index is 581. The number of nitrogens with one attached hydrogen (secondary N) is 1. The van der Waals surface area contributed by atoms with Crippen molar-refractivity contribution >= 4 is 22.7 Å². The zero-order valence-electron chi connectivity index (χ0n) is 12.8. The molecule has 120 valence electrons. The molecule has 0 bridgehead atoms. The van der Waals surface area contributed by atoms with Crippen LogP contribution in [0, 0.1) is 0 Å². The average Bonchev–Trinajstić information content (AvgIpc) is 2.99. The van der Waals surface area contributed by atoms with Gasteiger partial charge in [-0.25, -0.2) is 4.79 Å². The van der Waals surface area contributed by atoms with Gasteiger partial charge < -0.3 is 10.1 Å². The smallest absolute Gasteiger partial charge is 0.340 e. The largest absolute Gasteiger partial charge is 0.449 e. The number of esters is 1. The van der Waals surface area contributed by atoms with Crippen molar-refractivity contribution < 1.29 is 18.5 Å². The molecule has 0 saturated heterocycles. The molecular formula is C16H21NO4S. The van der Waals surface area contributed by atoms with Crippen molar-refractivity contribution in [3.63, 3.8) is 0 Å². The van der Waals surface area contributed by atoms with Crippen LogP contribution in [0.4, 0.5) is 0 Å². The van der Waals surface area contributed by atoms with Crippen molar-refractivity contribution in [3.05, 3.63) is 29.8 Å². The molecule has 1 aliphatic rings. The van der Waals surface area contributed by atoms with E-state index in [-0.39, 0.29) is 17.5 Å². The van der Waals surface area contributed by atoms with Crippen LogP contribution < -0.4 is 5.32 Å². The zero-order valence-corrected chi connectivity index (χ0v) is 13.7. The standard InChI is InChI=1S/C16H21NO4S/c1-11(15(18)17-12-7-3-4-8-12)21-16(19)13-9-5-6-10-14(13)22(2)20/h5-6,9-12H,3-4,7-8H2,1-2H3,(H,17,18)/t11-,22+/m0/s1. The summed E-state index contributed by atoms with van der Waals surface area (Å²) in [6, 6.07) is 6.75. The molecule has 5 nitrogen and oxygen atoms in total. The van der Waals surface area contributed by atoms with E-state index >= 15 is 0 Å². The molecule has 1 saturated carbocycles. The molecule has 1 aromatic rings. The van der Waals surface area contributed by atoms with E-state index in [1.165, 1.54) is 6.26 Å². The maximum atomic E-state index is 12.2. The molecule has 0 radical (unpaired) electrons. The predicted molar refractivity (Wildman–Crippen MR) is 84.1 cm³/mol. The third-order valence-electron chi connectivity index (χ3n) is 3.77. The number of ether oxygens (including phenoxy) is 1. The minimum absolute atomic E-state index is 0.184. The highest BCUT2D eigenvalue weighted by atomic mass is 32.2. The highest BCUT2D eigenvalue weighted by Gasteiger charge is 2.24.